The van der Waals surface area contributed by atoms with Crippen LogP contribution in [0.1, 0.15) is 19.4 Å². The van der Waals surface area contributed by atoms with E-state index in [0.717, 1.165) is 5.56 Å². The zero-order valence-corrected chi connectivity index (χ0v) is 12.6. The number of hydrogen-bond donors (Lipinski definition) is 0. The first-order chi connectivity index (χ1) is 8.18. The van der Waals surface area contributed by atoms with Crippen molar-refractivity contribution in [1.82, 2.24) is 4.90 Å². The van der Waals surface area contributed by atoms with Gasteiger partial charge in [-0.2, -0.15) is 0 Å². The summed E-state index contributed by atoms with van der Waals surface area (Å²) in [6, 6.07) is 9.62. The number of rotatable bonds is 4. The standard InChI is InChI=1S/C12H15Cl2NO2S/c1-11(2,13)18(16,17)12(14)9-15(12)8-10-6-4-3-5-7-10/h3-7H,8-9H2,1-2H3. The molecule has 1 aromatic rings. The fourth-order valence-electron chi connectivity index (χ4n) is 1.80. The van der Waals surface area contributed by atoms with E-state index in [0.29, 0.717) is 13.1 Å². The molecule has 1 saturated heterocycles. The number of halogens is 2. The Kier molecular flexibility index (Phi) is 3.43. The summed E-state index contributed by atoms with van der Waals surface area (Å²) in [5.74, 6) is 0. The van der Waals surface area contributed by atoms with Gasteiger partial charge in [0, 0.05) is 13.1 Å². The van der Waals surface area contributed by atoms with E-state index < -0.39 is 18.4 Å². The topological polar surface area (TPSA) is 37.1 Å². The lowest BCUT2D eigenvalue weighted by molar-refractivity contribution is 0.501. The molecule has 0 radical (unpaired) electrons. The minimum Gasteiger partial charge on any atom is -0.263 e. The van der Waals surface area contributed by atoms with Crippen LogP contribution < -0.4 is 0 Å². The van der Waals surface area contributed by atoms with Crippen LogP contribution in [-0.4, -0.2) is 28.4 Å². The Morgan fingerprint density at radius 1 is 1.33 bits per heavy atom. The fourth-order valence-corrected chi connectivity index (χ4v) is 4.56. The quantitative estimate of drug-likeness (QED) is 0.487. The van der Waals surface area contributed by atoms with Gasteiger partial charge in [0.05, 0.1) is 0 Å². The zero-order chi connectivity index (χ0) is 13.6. The molecule has 0 saturated carbocycles. The van der Waals surface area contributed by atoms with Gasteiger partial charge in [0.15, 0.2) is 0 Å². The zero-order valence-electron chi connectivity index (χ0n) is 10.2. The highest BCUT2D eigenvalue weighted by molar-refractivity contribution is 7.96. The van der Waals surface area contributed by atoms with Gasteiger partial charge < -0.3 is 0 Å². The molecule has 1 aliphatic rings. The second-order valence-corrected chi connectivity index (χ2v) is 9.62. The molecule has 6 heteroatoms. The Balaban J connectivity index is 2.15. The van der Waals surface area contributed by atoms with Crippen LogP contribution in [-0.2, 0) is 16.4 Å². The van der Waals surface area contributed by atoms with Crippen LogP contribution in [0.5, 0.6) is 0 Å². The molecule has 0 spiro atoms. The number of sulfone groups is 1. The van der Waals surface area contributed by atoms with Crippen LogP contribution in [0.2, 0.25) is 0 Å². The van der Waals surface area contributed by atoms with E-state index in [1.165, 1.54) is 13.8 Å². The molecule has 100 valence electrons. The summed E-state index contributed by atoms with van der Waals surface area (Å²) in [6.45, 7) is 3.72. The van der Waals surface area contributed by atoms with E-state index in [1.807, 2.05) is 30.3 Å². The Morgan fingerprint density at radius 2 is 1.89 bits per heavy atom. The van der Waals surface area contributed by atoms with Crippen LogP contribution in [0.15, 0.2) is 30.3 Å². The maximum atomic E-state index is 12.2. The van der Waals surface area contributed by atoms with E-state index in [-0.39, 0.29) is 0 Å². The highest BCUT2D eigenvalue weighted by Crippen LogP contribution is 2.48. The Hall–Kier alpha value is -0.290. The van der Waals surface area contributed by atoms with Crippen molar-refractivity contribution in [2.75, 3.05) is 6.54 Å². The molecule has 0 bridgehead atoms. The van der Waals surface area contributed by atoms with Crippen molar-refractivity contribution in [2.24, 2.45) is 0 Å². The van der Waals surface area contributed by atoms with Crippen molar-refractivity contribution in [3.63, 3.8) is 0 Å². The highest BCUT2D eigenvalue weighted by Gasteiger charge is 2.64. The molecule has 2 atom stereocenters. The van der Waals surface area contributed by atoms with Gasteiger partial charge >= 0.3 is 0 Å². The summed E-state index contributed by atoms with van der Waals surface area (Å²) in [4.78, 5) is 1.70. The molecule has 1 aliphatic heterocycles. The lowest BCUT2D eigenvalue weighted by Gasteiger charge is -2.21. The Bertz CT molecular complexity index is 539. The summed E-state index contributed by atoms with van der Waals surface area (Å²) in [5, 5.41) is 0. The summed E-state index contributed by atoms with van der Waals surface area (Å²) in [6.07, 6.45) is 0. The maximum Gasteiger partial charge on any atom is 0.213 e. The normalized spacial score (nSPS) is 28.1. The van der Waals surface area contributed by atoms with Crippen molar-refractivity contribution in [3.8, 4) is 0 Å². The smallest absolute Gasteiger partial charge is 0.213 e. The van der Waals surface area contributed by atoms with E-state index in [2.05, 4.69) is 0 Å². The van der Waals surface area contributed by atoms with Crippen molar-refractivity contribution < 1.29 is 8.42 Å². The molecule has 2 rings (SSSR count). The fraction of sp³-hybridized carbons (Fsp3) is 0.500. The van der Waals surface area contributed by atoms with E-state index in [4.69, 9.17) is 23.2 Å². The molecule has 1 aromatic carbocycles. The van der Waals surface area contributed by atoms with Gasteiger partial charge in [-0.3, -0.25) is 4.90 Å². The first kappa shape index (κ1) is 14.1. The lowest BCUT2D eigenvalue weighted by Crippen LogP contribution is -2.37. The predicted octanol–water partition coefficient (Wildman–Crippen LogP) is 2.78. The molecule has 0 aromatic heterocycles. The van der Waals surface area contributed by atoms with Gasteiger partial charge in [-0.05, 0) is 19.4 Å². The van der Waals surface area contributed by atoms with Crippen molar-refractivity contribution >= 4 is 33.0 Å². The molecule has 0 N–H and O–H groups in total. The summed E-state index contributed by atoms with van der Waals surface area (Å²) in [5.41, 5.74) is 1.03. The van der Waals surface area contributed by atoms with Gasteiger partial charge in [-0.1, -0.05) is 41.9 Å². The van der Waals surface area contributed by atoms with Gasteiger partial charge in [0.25, 0.3) is 0 Å². The Morgan fingerprint density at radius 3 is 2.39 bits per heavy atom. The SMILES string of the molecule is CC(C)(Cl)S(=O)(=O)C1(Cl)CN1Cc1ccccc1. The average molecular weight is 308 g/mol. The third-order valence-corrected chi connectivity index (χ3v) is 7.09. The largest absolute Gasteiger partial charge is 0.263 e. The number of hydrogen-bond acceptors (Lipinski definition) is 3. The molecule has 18 heavy (non-hydrogen) atoms. The second-order valence-electron chi connectivity index (χ2n) is 4.90. The van der Waals surface area contributed by atoms with Crippen LogP contribution in [0.3, 0.4) is 0 Å². The monoisotopic (exact) mass is 307 g/mol. The van der Waals surface area contributed by atoms with Crippen LogP contribution in [0.4, 0.5) is 0 Å². The maximum absolute atomic E-state index is 12.2. The van der Waals surface area contributed by atoms with Gasteiger partial charge in [0.1, 0.15) is 4.21 Å². The molecule has 0 amide bonds. The number of benzene rings is 1. The van der Waals surface area contributed by atoms with Crippen LogP contribution in [0.25, 0.3) is 0 Å². The van der Waals surface area contributed by atoms with E-state index in [9.17, 15) is 8.42 Å². The molecular formula is C12H15Cl2NO2S. The molecule has 1 heterocycles. The predicted molar refractivity (Wildman–Crippen MR) is 74.3 cm³/mol. The number of alkyl halides is 2. The minimum absolute atomic E-state index is 0.307. The Labute approximate surface area is 118 Å². The average Bonchev–Trinajstić information content (AvgIpc) is 2.91. The van der Waals surface area contributed by atoms with Crippen LogP contribution in [0, 0.1) is 0 Å². The molecule has 1 fully saturated rings. The van der Waals surface area contributed by atoms with Crippen molar-refractivity contribution in [1.29, 1.82) is 0 Å². The highest BCUT2D eigenvalue weighted by atomic mass is 35.5. The van der Waals surface area contributed by atoms with Crippen molar-refractivity contribution in [2.45, 2.75) is 28.9 Å². The lowest BCUT2D eigenvalue weighted by atomic mass is 10.2. The van der Waals surface area contributed by atoms with E-state index in [1.54, 1.807) is 4.90 Å². The van der Waals surface area contributed by atoms with Crippen LogP contribution >= 0.6 is 23.2 Å². The van der Waals surface area contributed by atoms with Crippen molar-refractivity contribution in [3.05, 3.63) is 35.9 Å². The van der Waals surface area contributed by atoms with Gasteiger partial charge in [-0.15, -0.1) is 11.6 Å². The number of nitrogens with zero attached hydrogens (tertiary/aromatic N) is 1. The first-order valence-corrected chi connectivity index (χ1v) is 7.83. The van der Waals surface area contributed by atoms with Gasteiger partial charge in [0.2, 0.25) is 14.2 Å². The molecule has 2 unspecified atom stereocenters. The first-order valence-electron chi connectivity index (χ1n) is 5.59. The third kappa shape index (κ3) is 2.27. The molecule has 0 aliphatic carbocycles. The summed E-state index contributed by atoms with van der Waals surface area (Å²) >= 11 is 12.1. The second kappa shape index (κ2) is 4.37. The molecular weight excluding hydrogens is 293 g/mol. The third-order valence-electron chi connectivity index (χ3n) is 3.02. The summed E-state index contributed by atoms with van der Waals surface area (Å²) < 4.78 is 21.7. The van der Waals surface area contributed by atoms with E-state index >= 15 is 0 Å². The minimum atomic E-state index is -3.62. The van der Waals surface area contributed by atoms with Gasteiger partial charge in [-0.25, -0.2) is 8.42 Å². The molecule has 3 nitrogen and oxygen atoms in total. The summed E-state index contributed by atoms with van der Waals surface area (Å²) in [7, 11) is -3.62.